The van der Waals surface area contributed by atoms with E-state index in [2.05, 4.69) is 10.2 Å². The highest BCUT2D eigenvalue weighted by molar-refractivity contribution is 5.22. The summed E-state index contributed by atoms with van der Waals surface area (Å²) >= 11 is 0. The van der Waals surface area contributed by atoms with Gasteiger partial charge < -0.3 is 90.3 Å². The third-order valence-electron chi connectivity index (χ3n) is 8.61. The zero-order chi connectivity index (χ0) is 33.3. The van der Waals surface area contributed by atoms with Gasteiger partial charge in [0.25, 0.3) is 0 Å². The fourth-order valence-corrected chi connectivity index (χ4v) is 5.95. The molecular formula is C25H44N2O18. The third kappa shape index (κ3) is 7.35. The van der Waals surface area contributed by atoms with Crippen LogP contribution in [0, 0.1) is 0 Å². The summed E-state index contributed by atoms with van der Waals surface area (Å²) in [7, 11) is 0. The Labute approximate surface area is 256 Å². The highest BCUT2D eigenvalue weighted by atomic mass is 16.7. The van der Waals surface area contributed by atoms with E-state index in [1.165, 1.54) is 13.0 Å². The molecule has 0 unspecified atom stereocenters. The molecule has 0 aromatic carbocycles. The Kier molecular flexibility index (Phi) is 12.6. The average molecular weight is 661 g/mol. The van der Waals surface area contributed by atoms with Crippen LogP contribution >= 0.6 is 0 Å². The smallest absolute Gasteiger partial charge is 0.187 e. The van der Waals surface area contributed by atoms with Crippen LogP contribution in [0.4, 0.5) is 0 Å². The van der Waals surface area contributed by atoms with Crippen LogP contribution in [0.5, 0.6) is 0 Å². The molecule has 3 saturated heterocycles. The van der Waals surface area contributed by atoms with Crippen molar-refractivity contribution in [3.63, 3.8) is 0 Å². The Hall–Kier alpha value is -1.06. The van der Waals surface area contributed by atoms with Crippen LogP contribution in [0.1, 0.15) is 6.92 Å². The molecule has 0 amide bonds. The van der Waals surface area contributed by atoms with Crippen LogP contribution in [-0.4, -0.2) is 198 Å². The highest BCUT2D eigenvalue weighted by Crippen LogP contribution is 2.33. The summed E-state index contributed by atoms with van der Waals surface area (Å²) in [5.74, 6) is 5.20. The number of nitrogens with two attached hydrogens (primary N) is 1. The number of hydrogen-bond acceptors (Lipinski definition) is 20. The Morgan fingerprint density at radius 2 is 1.22 bits per heavy atom. The predicted molar refractivity (Wildman–Crippen MR) is 141 cm³/mol. The first kappa shape index (κ1) is 36.8. The summed E-state index contributed by atoms with van der Waals surface area (Å²) in [6, 6.07) is -2.10. The van der Waals surface area contributed by atoms with Crippen molar-refractivity contribution in [1.29, 1.82) is 0 Å². The van der Waals surface area contributed by atoms with Crippen molar-refractivity contribution in [2.45, 2.75) is 123 Å². The van der Waals surface area contributed by atoms with E-state index in [1.807, 2.05) is 0 Å². The molecule has 3 heterocycles. The minimum absolute atomic E-state index is 0.0854. The molecule has 0 radical (unpaired) electrons. The molecule has 45 heavy (non-hydrogen) atoms. The molecule has 4 rings (SSSR count). The second-order valence-electron chi connectivity index (χ2n) is 11.5. The Morgan fingerprint density at radius 3 is 1.78 bits per heavy atom. The summed E-state index contributed by atoms with van der Waals surface area (Å²) < 4.78 is 27.5. The van der Waals surface area contributed by atoms with E-state index in [1.54, 1.807) is 0 Å². The molecule has 4 aliphatic rings. The van der Waals surface area contributed by atoms with Gasteiger partial charge in [0, 0.05) is 0 Å². The lowest BCUT2D eigenvalue weighted by atomic mass is 9.86. The monoisotopic (exact) mass is 660 g/mol. The number of aliphatic hydroxyl groups excluding tert-OH is 12. The van der Waals surface area contributed by atoms with Crippen molar-refractivity contribution in [3.8, 4) is 0 Å². The van der Waals surface area contributed by atoms with E-state index in [0.717, 1.165) is 0 Å². The Bertz CT molecular complexity index is 978. The molecule has 0 aromatic rings. The first-order valence-corrected chi connectivity index (χ1v) is 14.3. The number of hydrogen-bond donors (Lipinski definition) is 14. The van der Waals surface area contributed by atoms with Crippen LogP contribution in [0.25, 0.3) is 0 Å². The first-order valence-electron chi connectivity index (χ1n) is 14.3. The van der Waals surface area contributed by atoms with Crippen molar-refractivity contribution in [3.05, 3.63) is 11.6 Å². The molecule has 0 saturated carbocycles. The minimum atomic E-state index is -1.93. The molecule has 20 heteroatoms. The molecule has 1 aliphatic carbocycles. The molecule has 3 fully saturated rings. The number of ether oxygens (including phenoxy) is 5. The second-order valence-corrected chi connectivity index (χ2v) is 11.5. The fraction of sp³-hybridized carbons (Fsp3) is 0.920. The molecule has 15 N–H and O–H groups in total. The minimum Gasteiger partial charge on any atom is -0.394 e. The van der Waals surface area contributed by atoms with E-state index in [-0.39, 0.29) is 5.57 Å². The van der Waals surface area contributed by atoms with Gasteiger partial charge in [-0.2, -0.15) is 0 Å². The van der Waals surface area contributed by atoms with Crippen molar-refractivity contribution < 1.29 is 89.8 Å². The van der Waals surface area contributed by atoms with Crippen molar-refractivity contribution >= 4 is 0 Å². The van der Waals surface area contributed by atoms with Gasteiger partial charge in [-0.15, -0.1) is 0 Å². The van der Waals surface area contributed by atoms with Crippen LogP contribution in [0.2, 0.25) is 0 Å². The van der Waals surface area contributed by atoms with Crippen molar-refractivity contribution in [2.24, 2.45) is 5.90 Å². The summed E-state index contributed by atoms with van der Waals surface area (Å²) in [6.07, 6.45) is -25.9. The normalized spacial score (nSPS) is 51.2. The SMILES string of the molecule is C[C@H]1O[C@H](O[C@H]2[C@H](O)[C@@H](O)[C@@H](O[C@H]3[C@H](O)[C@@H](O)[C@@H](O)O[C@@H]3CO)O[C@@H]2CO)[C@H](O)[C@@H](O)[C@@H]1N[C@H]1C=C(CO)[C@@H](O)[C@H](ON)[C@H]1O. The lowest BCUT2D eigenvalue weighted by Crippen LogP contribution is -2.68. The zero-order valence-electron chi connectivity index (χ0n) is 24.1. The lowest BCUT2D eigenvalue weighted by Gasteiger charge is -2.48. The van der Waals surface area contributed by atoms with Gasteiger partial charge in [-0.25, -0.2) is 5.90 Å². The third-order valence-corrected chi connectivity index (χ3v) is 8.61. The van der Waals surface area contributed by atoms with Crippen LogP contribution in [0.15, 0.2) is 11.6 Å². The van der Waals surface area contributed by atoms with E-state index < -0.39 is 136 Å². The maximum atomic E-state index is 11.0. The molecule has 0 aromatic heterocycles. The standard InChI is InChI=1S/C25H44N2O18/c1-6-11(27-8-2-7(3-28)12(31)22(45-26)13(8)32)14(33)18(37)24(40-6)43-21-10(5-30)42-25(19(38)16(21)35)44-20-9(4-29)41-23(39)17(36)15(20)34/h2,6,8-25,27-39H,3-5,26H2,1H3/t6-,8+,9-,10-,11-,12-,13+,14+,15-,16-,17-,18-,19-,20-,21-,22+,23+,24-,25-/m1/s1. The van der Waals surface area contributed by atoms with E-state index >= 15 is 0 Å². The summed E-state index contributed by atoms with van der Waals surface area (Å²) in [6.45, 7) is -0.705. The molecular weight excluding hydrogens is 616 g/mol. The summed E-state index contributed by atoms with van der Waals surface area (Å²) in [4.78, 5) is 4.67. The van der Waals surface area contributed by atoms with Gasteiger partial charge in [-0.1, -0.05) is 6.08 Å². The topological polar surface area (TPSA) is 336 Å². The number of nitrogens with one attached hydrogen (secondary N) is 1. The van der Waals surface area contributed by atoms with Gasteiger partial charge >= 0.3 is 0 Å². The van der Waals surface area contributed by atoms with E-state index in [0.29, 0.717) is 0 Å². The Balaban J connectivity index is 1.42. The van der Waals surface area contributed by atoms with Gasteiger partial charge in [-0.05, 0) is 12.5 Å². The predicted octanol–water partition coefficient (Wildman–Crippen LogP) is -8.67. The average Bonchev–Trinajstić information content (AvgIpc) is 3.02. The van der Waals surface area contributed by atoms with Gasteiger partial charge in [0.2, 0.25) is 0 Å². The molecule has 20 nitrogen and oxygen atoms in total. The van der Waals surface area contributed by atoms with Gasteiger partial charge in [-0.3, -0.25) is 4.84 Å². The molecule has 0 spiro atoms. The number of rotatable bonds is 10. The summed E-state index contributed by atoms with van der Waals surface area (Å²) in [5, 5.41) is 126. The summed E-state index contributed by atoms with van der Waals surface area (Å²) in [5.41, 5.74) is 0.0854. The number of aliphatic hydroxyl groups is 12. The van der Waals surface area contributed by atoms with Crippen LogP contribution in [-0.2, 0) is 28.5 Å². The molecule has 3 aliphatic heterocycles. The van der Waals surface area contributed by atoms with E-state index in [9.17, 15) is 61.3 Å². The lowest BCUT2D eigenvalue weighted by molar-refractivity contribution is -0.373. The molecule has 0 bridgehead atoms. The highest BCUT2D eigenvalue weighted by Gasteiger charge is 2.53. The maximum absolute atomic E-state index is 11.0. The molecule has 19 atom stereocenters. The quantitative estimate of drug-likeness (QED) is 0.0763. The van der Waals surface area contributed by atoms with Gasteiger partial charge in [0.1, 0.15) is 79.4 Å². The molecule has 262 valence electrons. The fourth-order valence-electron chi connectivity index (χ4n) is 5.95. The van der Waals surface area contributed by atoms with Crippen LogP contribution in [0.3, 0.4) is 0 Å². The van der Waals surface area contributed by atoms with Crippen molar-refractivity contribution in [1.82, 2.24) is 5.32 Å². The zero-order valence-corrected chi connectivity index (χ0v) is 24.1. The van der Waals surface area contributed by atoms with Crippen LogP contribution < -0.4 is 11.2 Å². The first-order chi connectivity index (χ1) is 21.3. The van der Waals surface area contributed by atoms with Crippen molar-refractivity contribution in [2.75, 3.05) is 19.8 Å². The maximum Gasteiger partial charge on any atom is 0.187 e. The second kappa shape index (κ2) is 15.4. The van der Waals surface area contributed by atoms with Gasteiger partial charge in [0.05, 0.1) is 38.0 Å². The van der Waals surface area contributed by atoms with E-state index in [4.69, 9.17) is 29.6 Å². The Morgan fingerprint density at radius 1 is 0.689 bits per heavy atom. The largest absolute Gasteiger partial charge is 0.394 e. The van der Waals surface area contributed by atoms with Gasteiger partial charge in [0.15, 0.2) is 18.9 Å².